The number of hydrogen-bond acceptors (Lipinski definition) is 2. The summed E-state index contributed by atoms with van der Waals surface area (Å²) in [5.74, 6) is -0.240. The maximum Gasteiger partial charge on any atom is 0.229 e. The van der Waals surface area contributed by atoms with E-state index in [1.165, 1.54) is 0 Å². The number of nitrogens with one attached hydrogen (secondary N) is 1. The monoisotopic (exact) mass is 246 g/mol. The highest BCUT2D eigenvalue weighted by molar-refractivity contribution is 5.97. The Labute approximate surface area is 107 Å². The van der Waals surface area contributed by atoms with Crippen LogP contribution in [-0.4, -0.2) is 29.3 Å². The molecule has 0 aliphatic carbocycles. The number of hydrogen-bond donors (Lipinski definition) is 1. The quantitative estimate of drug-likeness (QED) is 0.885. The summed E-state index contributed by atoms with van der Waals surface area (Å²) < 4.78 is 0. The summed E-state index contributed by atoms with van der Waals surface area (Å²) in [4.78, 5) is 25.5. The molecule has 1 fully saturated rings. The van der Waals surface area contributed by atoms with E-state index in [-0.39, 0.29) is 23.8 Å². The van der Waals surface area contributed by atoms with Crippen LogP contribution in [0.25, 0.3) is 0 Å². The highest BCUT2D eigenvalue weighted by Gasteiger charge is 2.35. The molecule has 4 nitrogen and oxygen atoms in total. The Balaban J connectivity index is 1.97. The molecule has 0 spiro atoms. The van der Waals surface area contributed by atoms with Crippen LogP contribution in [0.4, 0.5) is 5.69 Å². The largest absolute Gasteiger partial charge is 0.339 e. The van der Waals surface area contributed by atoms with E-state index in [4.69, 9.17) is 0 Å². The molecule has 0 bridgehead atoms. The lowest BCUT2D eigenvalue weighted by molar-refractivity contribution is -0.129. The van der Waals surface area contributed by atoms with Crippen molar-refractivity contribution in [3.05, 3.63) is 30.3 Å². The second-order valence-electron chi connectivity index (χ2n) is 4.90. The normalized spacial score (nSPS) is 19.4. The summed E-state index contributed by atoms with van der Waals surface area (Å²) in [5.41, 5.74) is 0.776. The second kappa shape index (κ2) is 5.21. The molecule has 0 radical (unpaired) electrons. The van der Waals surface area contributed by atoms with Crippen LogP contribution >= 0.6 is 0 Å². The highest BCUT2D eigenvalue weighted by Crippen LogP contribution is 2.21. The first-order valence-electron chi connectivity index (χ1n) is 6.23. The zero-order valence-electron chi connectivity index (χ0n) is 10.7. The first kappa shape index (κ1) is 12.6. The van der Waals surface area contributed by atoms with Gasteiger partial charge in [0.1, 0.15) is 0 Å². The van der Waals surface area contributed by atoms with Gasteiger partial charge in [0.15, 0.2) is 0 Å². The molecule has 0 saturated carbocycles. The van der Waals surface area contributed by atoms with Gasteiger partial charge in [-0.15, -0.1) is 0 Å². The molecule has 1 atom stereocenters. The number of anilines is 1. The van der Waals surface area contributed by atoms with Crippen LogP contribution in [-0.2, 0) is 9.59 Å². The smallest absolute Gasteiger partial charge is 0.229 e. The summed E-state index contributed by atoms with van der Waals surface area (Å²) >= 11 is 0. The van der Waals surface area contributed by atoms with E-state index >= 15 is 0 Å². The summed E-state index contributed by atoms with van der Waals surface area (Å²) in [5, 5.41) is 2.85. The first-order chi connectivity index (χ1) is 8.58. The van der Waals surface area contributed by atoms with E-state index < -0.39 is 0 Å². The van der Waals surface area contributed by atoms with Crippen molar-refractivity contribution in [3.63, 3.8) is 0 Å². The van der Waals surface area contributed by atoms with Gasteiger partial charge in [0.2, 0.25) is 11.8 Å². The molecule has 1 aliphatic heterocycles. The lowest BCUT2D eigenvalue weighted by atomic mass is 10.1. The first-order valence-corrected chi connectivity index (χ1v) is 6.23. The molecule has 2 rings (SSSR count). The zero-order chi connectivity index (χ0) is 13.1. The van der Waals surface area contributed by atoms with Crippen LogP contribution in [0.3, 0.4) is 0 Å². The standard InChI is InChI=1S/C14H18N2O2/c1-10(2)16-9-11(8-13(16)17)14(18)15-12-6-4-3-5-7-12/h3-7,10-11H,8-9H2,1-2H3,(H,15,18)/t11-/m0/s1. The SMILES string of the molecule is CC(C)N1C[C@@H](C(=O)Nc2ccccc2)CC1=O. The van der Waals surface area contributed by atoms with Crippen LogP contribution in [0.1, 0.15) is 20.3 Å². The molecular formula is C14H18N2O2. The molecular weight excluding hydrogens is 228 g/mol. The predicted molar refractivity (Wildman–Crippen MR) is 70.0 cm³/mol. The van der Waals surface area contributed by atoms with Gasteiger partial charge in [0.25, 0.3) is 0 Å². The highest BCUT2D eigenvalue weighted by atomic mass is 16.2. The number of benzene rings is 1. The Bertz CT molecular complexity index is 442. The maximum atomic E-state index is 12.0. The molecule has 0 aromatic heterocycles. The Hall–Kier alpha value is -1.84. The van der Waals surface area contributed by atoms with Gasteiger partial charge in [-0.1, -0.05) is 18.2 Å². The average Bonchev–Trinajstić information content (AvgIpc) is 2.73. The summed E-state index contributed by atoms with van der Waals surface area (Å²) in [6, 6.07) is 9.48. The zero-order valence-corrected chi connectivity index (χ0v) is 10.7. The topological polar surface area (TPSA) is 49.4 Å². The van der Waals surface area contributed by atoms with Crippen molar-refractivity contribution < 1.29 is 9.59 Å². The van der Waals surface area contributed by atoms with E-state index in [1.807, 2.05) is 44.2 Å². The van der Waals surface area contributed by atoms with Crippen LogP contribution in [0.5, 0.6) is 0 Å². The van der Waals surface area contributed by atoms with Crippen LogP contribution in [0.15, 0.2) is 30.3 Å². The van der Waals surface area contributed by atoms with Crippen molar-refractivity contribution in [2.45, 2.75) is 26.3 Å². The summed E-state index contributed by atoms with van der Waals surface area (Å²) in [7, 11) is 0. The number of rotatable bonds is 3. The van der Waals surface area contributed by atoms with Gasteiger partial charge in [0, 0.05) is 24.7 Å². The molecule has 0 unspecified atom stereocenters. The summed E-state index contributed by atoms with van der Waals surface area (Å²) in [6.45, 7) is 4.46. The Morgan fingerprint density at radius 1 is 1.33 bits per heavy atom. The number of para-hydroxylation sites is 1. The third-order valence-corrected chi connectivity index (χ3v) is 3.19. The Morgan fingerprint density at radius 2 is 2.00 bits per heavy atom. The minimum Gasteiger partial charge on any atom is -0.339 e. The van der Waals surface area contributed by atoms with E-state index in [1.54, 1.807) is 4.90 Å². The summed E-state index contributed by atoms with van der Waals surface area (Å²) in [6.07, 6.45) is 0.316. The molecule has 1 N–H and O–H groups in total. The molecule has 2 amide bonds. The van der Waals surface area contributed by atoms with Crippen molar-refractivity contribution in [2.75, 3.05) is 11.9 Å². The third-order valence-electron chi connectivity index (χ3n) is 3.19. The van der Waals surface area contributed by atoms with Crippen molar-refractivity contribution in [3.8, 4) is 0 Å². The lowest BCUT2D eigenvalue weighted by Crippen LogP contribution is -2.33. The number of nitrogens with zero attached hydrogens (tertiary/aromatic N) is 1. The fourth-order valence-corrected chi connectivity index (χ4v) is 2.17. The second-order valence-corrected chi connectivity index (χ2v) is 4.90. The van der Waals surface area contributed by atoms with Crippen LogP contribution in [0.2, 0.25) is 0 Å². The van der Waals surface area contributed by atoms with Gasteiger partial charge in [0.05, 0.1) is 5.92 Å². The molecule has 1 aromatic rings. The van der Waals surface area contributed by atoms with E-state index in [0.717, 1.165) is 5.69 Å². The number of carbonyl (C=O) groups excluding carboxylic acids is 2. The molecule has 96 valence electrons. The number of amides is 2. The Kier molecular flexibility index (Phi) is 3.65. The number of likely N-dealkylation sites (tertiary alicyclic amines) is 1. The fraction of sp³-hybridized carbons (Fsp3) is 0.429. The van der Waals surface area contributed by atoms with Gasteiger partial charge >= 0.3 is 0 Å². The van der Waals surface area contributed by atoms with Crippen molar-refractivity contribution >= 4 is 17.5 Å². The van der Waals surface area contributed by atoms with Crippen molar-refractivity contribution in [1.82, 2.24) is 4.90 Å². The van der Waals surface area contributed by atoms with Gasteiger partial charge in [-0.25, -0.2) is 0 Å². The van der Waals surface area contributed by atoms with E-state index in [2.05, 4.69) is 5.32 Å². The third kappa shape index (κ3) is 2.70. The minimum absolute atomic E-state index is 0.0678. The molecule has 18 heavy (non-hydrogen) atoms. The molecule has 1 saturated heterocycles. The van der Waals surface area contributed by atoms with Crippen molar-refractivity contribution in [1.29, 1.82) is 0 Å². The Morgan fingerprint density at radius 3 is 2.56 bits per heavy atom. The molecule has 1 aromatic carbocycles. The minimum atomic E-state index is -0.236. The van der Waals surface area contributed by atoms with Crippen molar-refractivity contribution in [2.24, 2.45) is 5.92 Å². The van der Waals surface area contributed by atoms with E-state index in [9.17, 15) is 9.59 Å². The van der Waals surface area contributed by atoms with Gasteiger partial charge in [-0.3, -0.25) is 9.59 Å². The molecule has 1 heterocycles. The predicted octanol–water partition coefficient (Wildman–Crippen LogP) is 1.88. The maximum absolute atomic E-state index is 12.0. The van der Waals surface area contributed by atoms with E-state index in [0.29, 0.717) is 13.0 Å². The molecule has 1 aliphatic rings. The van der Waals surface area contributed by atoms with Crippen LogP contribution in [0, 0.1) is 5.92 Å². The van der Waals surface area contributed by atoms with Gasteiger partial charge in [-0.2, -0.15) is 0 Å². The van der Waals surface area contributed by atoms with Crippen LogP contribution < -0.4 is 5.32 Å². The fourth-order valence-electron chi connectivity index (χ4n) is 2.17. The lowest BCUT2D eigenvalue weighted by Gasteiger charge is -2.20. The average molecular weight is 246 g/mol. The molecule has 4 heteroatoms. The number of carbonyl (C=O) groups is 2. The van der Waals surface area contributed by atoms with Gasteiger partial charge < -0.3 is 10.2 Å². The van der Waals surface area contributed by atoms with Gasteiger partial charge in [-0.05, 0) is 26.0 Å².